The summed E-state index contributed by atoms with van der Waals surface area (Å²) in [6.45, 7) is 9.01. The molecule has 1 aliphatic rings. The Morgan fingerprint density at radius 1 is 1.35 bits per heavy atom. The van der Waals surface area contributed by atoms with Crippen LogP contribution in [-0.4, -0.2) is 53.5 Å². The number of amides is 1. The van der Waals surface area contributed by atoms with Crippen molar-refractivity contribution in [2.75, 3.05) is 19.7 Å². The number of hydrogen-bond acceptors (Lipinski definition) is 4. The second-order valence-corrected chi connectivity index (χ2v) is 6.40. The third-order valence-corrected chi connectivity index (χ3v) is 3.62. The van der Waals surface area contributed by atoms with Crippen LogP contribution in [0.2, 0.25) is 0 Å². The van der Waals surface area contributed by atoms with Crippen molar-refractivity contribution >= 4 is 6.09 Å². The number of ether oxygens (including phenoxy) is 1. The molecule has 1 aliphatic carbocycles. The summed E-state index contributed by atoms with van der Waals surface area (Å²) in [5, 5.41) is 12.3. The van der Waals surface area contributed by atoms with E-state index in [2.05, 4.69) is 5.32 Å². The maximum atomic E-state index is 12.3. The third kappa shape index (κ3) is 5.29. The second kappa shape index (κ2) is 7.84. The Morgan fingerprint density at radius 2 is 2.00 bits per heavy atom. The summed E-state index contributed by atoms with van der Waals surface area (Å²) in [6.07, 6.45) is 4.12. The zero-order valence-electron chi connectivity index (χ0n) is 13.3. The molecule has 118 valence electrons. The SMILES string of the molecule is CCN(C(=O)OC(C)(C)C)[C@H]1CCCC[C@H]1NCCO. The molecule has 0 bridgehead atoms. The van der Waals surface area contributed by atoms with Crippen molar-refractivity contribution in [3.8, 4) is 0 Å². The lowest BCUT2D eigenvalue weighted by Gasteiger charge is -2.40. The fourth-order valence-electron chi connectivity index (χ4n) is 2.79. The van der Waals surface area contributed by atoms with E-state index in [0.29, 0.717) is 13.1 Å². The summed E-state index contributed by atoms with van der Waals surface area (Å²) >= 11 is 0. The van der Waals surface area contributed by atoms with E-state index < -0.39 is 5.60 Å². The van der Waals surface area contributed by atoms with Crippen LogP contribution in [0.4, 0.5) is 4.79 Å². The highest BCUT2D eigenvalue weighted by molar-refractivity contribution is 5.68. The minimum absolute atomic E-state index is 0.127. The molecule has 0 radical (unpaired) electrons. The van der Waals surface area contributed by atoms with E-state index >= 15 is 0 Å². The molecule has 1 fully saturated rings. The van der Waals surface area contributed by atoms with E-state index in [0.717, 1.165) is 19.3 Å². The molecule has 1 amide bonds. The Morgan fingerprint density at radius 3 is 2.55 bits per heavy atom. The van der Waals surface area contributed by atoms with Crippen molar-refractivity contribution in [2.45, 2.75) is 71.1 Å². The Labute approximate surface area is 122 Å². The number of aliphatic hydroxyl groups is 1. The molecule has 5 heteroatoms. The van der Waals surface area contributed by atoms with Crippen LogP contribution < -0.4 is 5.32 Å². The lowest BCUT2D eigenvalue weighted by atomic mass is 9.89. The largest absolute Gasteiger partial charge is 0.444 e. The summed E-state index contributed by atoms with van der Waals surface area (Å²) in [4.78, 5) is 14.2. The Bertz CT molecular complexity index is 302. The molecule has 2 atom stereocenters. The standard InChI is InChI=1S/C15H30N2O3/c1-5-17(14(19)20-15(2,3)4)13-9-7-6-8-12(13)16-10-11-18/h12-13,16,18H,5-11H2,1-4H3/t12-,13+/m1/s1. The molecule has 0 saturated heterocycles. The normalized spacial score (nSPS) is 23.4. The van der Waals surface area contributed by atoms with Crippen molar-refractivity contribution in [2.24, 2.45) is 0 Å². The summed E-state index contributed by atoms with van der Waals surface area (Å²) in [6, 6.07) is 0.415. The molecule has 1 rings (SSSR count). The predicted molar refractivity (Wildman–Crippen MR) is 79.7 cm³/mol. The van der Waals surface area contributed by atoms with Crippen molar-refractivity contribution in [3.05, 3.63) is 0 Å². The van der Waals surface area contributed by atoms with Crippen LogP contribution in [0.25, 0.3) is 0 Å². The molecule has 2 N–H and O–H groups in total. The van der Waals surface area contributed by atoms with Gasteiger partial charge in [0.1, 0.15) is 5.60 Å². The van der Waals surface area contributed by atoms with Crippen LogP contribution in [0.1, 0.15) is 53.4 Å². The van der Waals surface area contributed by atoms with Crippen molar-refractivity contribution < 1.29 is 14.6 Å². The minimum atomic E-state index is -0.465. The second-order valence-electron chi connectivity index (χ2n) is 6.40. The summed E-state index contributed by atoms with van der Waals surface area (Å²) in [5.41, 5.74) is -0.465. The molecule has 0 spiro atoms. The number of likely N-dealkylation sites (N-methyl/N-ethyl adjacent to an activating group) is 1. The van der Waals surface area contributed by atoms with Gasteiger partial charge >= 0.3 is 6.09 Å². The van der Waals surface area contributed by atoms with E-state index in [1.165, 1.54) is 6.42 Å². The highest BCUT2D eigenvalue weighted by Gasteiger charge is 2.33. The fraction of sp³-hybridized carbons (Fsp3) is 0.933. The average molecular weight is 286 g/mol. The van der Waals surface area contributed by atoms with Crippen LogP contribution in [0.15, 0.2) is 0 Å². The van der Waals surface area contributed by atoms with E-state index in [1.54, 1.807) is 0 Å². The van der Waals surface area contributed by atoms with Crippen LogP contribution in [0, 0.1) is 0 Å². The first kappa shape index (κ1) is 17.2. The minimum Gasteiger partial charge on any atom is -0.444 e. The van der Waals surface area contributed by atoms with Crippen molar-refractivity contribution in [1.29, 1.82) is 0 Å². The lowest BCUT2D eigenvalue weighted by molar-refractivity contribution is 0.00892. The van der Waals surface area contributed by atoms with Gasteiger partial charge in [0.05, 0.1) is 12.6 Å². The number of rotatable bonds is 5. The van der Waals surface area contributed by atoms with Gasteiger partial charge in [0.15, 0.2) is 0 Å². The molecule has 0 aromatic heterocycles. The van der Waals surface area contributed by atoms with Gasteiger partial charge in [0.25, 0.3) is 0 Å². The van der Waals surface area contributed by atoms with Gasteiger partial charge < -0.3 is 20.1 Å². The molecular weight excluding hydrogens is 256 g/mol. The molecule has 0 aromatic rings. The van der Waals surface area contributed by atoms with E-state index in [1.807, 2.05) is 32.6 Å². The van der Waals surface area contributed by atoms with Crippen molar-refractivity contribution in [1.82, 2.24) is 10.2 Å². The number of carbonyl (C=O) groups is 1. The maximum absolute atomic E-state index is 12.3. The molecule has 0 aliphatic heterocycles. The number of nitrogens with zero attached hydrogens (tertiary/aromatic N) is 1. The Kier molecular flexibility index (Phi) is 6.76. The topological polar surface area (TPSA) is 61.8 Å². The average Bonchev–Trinajstić information content (AvgIpc) is 2.36. The van der Waals surface area contributed by atoms with Gasteiger partial charge in [-0.25, -0.2) is 4.79 Å². The van der Waals surface area contributed by atoms with Gasteiger partial charge in [0.2, 0.25) is 0 Å². The maximum Gasteiger partial charge on any atom is 0.410 e. The molecule has 20 heavy (non-hydrogen) atoms. The lowest BCUT2D eigenvalue weighted by Crippen LogP contribution is -2.55. The van der Waals surface area contributed by atoms with Crippen LogP contribution in [-0.2, 0) is 4.74 Å². The van der Waals surface area contributed by atoms with Gasteiger partial charge in [-0.3, -0.25) is 0 Å². The van der Waals surface area contributed by atoms with E-state index in [4.69, 9.17) is 9.84 Å². The number of nitrogens with one attached hydrogen (secondary N) is 1. The molecular formula is C15H30N2O3. The predicted octanol–water partition coefficient (Wildman–Crippen LogP) is 2.14. The molecule has 0 aromatic carbocycles. The van der Waals surface area contributed by atoms with Crippen LogP contribution >= 0.6 is 0 Å². The van der Waals surface area contributed by atoms with E-state index in [9.17, 15) is 4.79 Å². The van der Waals surface area contributed by atoms with Gasteiger partial charge in [-0.2, -0.15) is 0 Å². The quantitative estimate of drug-likeness (QED) is 0.813. The van der Waals surface area contributed by atoms with Gasteiger partial charge in [0, 0.05) is 19.1 Å². The Hall–Kier alpha value is -0.810. The first-order valence-corrected chi connectivity index (χ1v) is 7.73. The first-order valence-electron chi connectivity index (χ1n) is 7.73. The summed E-state index contributed by atoms with van der Waals surface area (Å²) < 4.78 is 5.51. The van der Waals surface area contributed by atoms with E-state index in [-0.39, 0.29) is 24.8 Å². The van der Waals surface area contributed by atoms with Crippen LogP contribution in [0.5, 0.6) is 0 Å². The number of carbonyl (C=O) groups excluding carboxylic acids is 1. The Balaban J connectivity index is 2.71. The first-order chi connectivity index (χ1) is 9.39. The highest BCUT2D eigenvalue weighted by Crippen LogP contribution is 2.24. The monoisotopic (exact) mass is 286 g/mol. The zero-order chi connectivity index (χ0) is 15.2. The highest BCUT2D eigenvalue weighted by atomic mass is 16.6. The molecule has 0 unspecified atom stereocenters. The number of aliphatic hydroxyl groups excluding tert-OH is 1. The van der Waals surface area contributed by atoms with Crippen molar-refractivity contribution in [3.63, 3.8) is 0 Å². The molecule has 5 nitrogen and oxygen atoms in total. The van der Waals surface area contributed by atoms with Gasteiger partial charge in [-0.1, -0.05) is 12.8 Å². The fourth-order valence-corrected chi connectivity index (χ4v) is 2.79. The van der Waals surface area contributed by atoms with Gasteiger partial charge in [-0.15, -0.1) is 0 Å². The zero-order valence-corrected chi connectivity index (χ0v) is 13.3. The van der Waals surface area contributed by atoms with Gasteiger partial charge in [-0.05, 0) is 40.5 Å². The molecule has 1 saturated carbocycles. The third-order valence-electron chi connectivity index (χ3n) is 3.62. The number of hydrogen-bond donors (Lipinski definition) is 2. The van der Waals surface area contributed by atoms with Crippen LogP contribution in [0.3, 0.4) is 0 Å². The summed E-state index contributed by atoms with van der Waals surface area (Å²) in [7, 11) is 0. The smallest absolute Gasteiger partial charge is 0.410 e. The summed E-state index contributed by atoms with van der Waals surface area (Å²) in [5.74, 6) is 0. The molecule has 0 heterocycles.